The molecule has 0 bridgehead atoms. The van der Waals surface area contributed by atoms with Crippen molar-refractivity contribution >= 4 is 15.9 Å². The van der Waals surface area contributed by atoms with Gasteiger partial charge in [-0.3, -0.25) is 0 Å². The molecule has 6 heteroatoms. The molecule has 1 aromatic heterocycles. The molecule has 0 fully saturated rings. The average Bonchev–Trinajstić information content (AvgIpc) is 2.77. The number of nitrogens with zero attached hydrogens (tertiary/aromatic N) is 4. The van der Waals surface area contributed by atoms with Gasteiger partial charge >= 0.3 is 0 Å². The molecule has 102 valence electrons. The smallest absolute Gasteiger partial charge is 0.156 e. The van der Waals surface area contributed by atoms with Crippen molar-refractivity contribution in [3.05, 3.63) is 40.1 Å². The fraction of sp³-hybridized carbons (Fsp3) is 0.462. The minimum absolute atomic E-state index is 0.150. The summed E-state index contributed by atoms with van der Waals surface area (Å²) in [5.41, 5.74) is 0.696. The van der Waals surface area contributed by atoms with Gasteiger partial charge in [-0.1, -0.05) is 48.8 Å². The molecule has 19 heavy (non-hydrogen) atoms. The molecule has 0 aliphatic carbocycles. The fourth-order valence-electron chi connectivity index (χ4n) is 1.82. The van der Waals surface area contributed by atoms with E-state index in [1.807, 2.05) is 45.0 Å². The second-order valence-corrected chi connectivity index (χ2v) is 6.42. The maximum atomic E-state index is 10.2. The fourth-order valence-corrected chi connectivity index (χ4v) is 2.08. The molecule has 0 saturated heterocycles. The Morgan fingerprint density at radius 1 is 1.26 bits per heavy atom. The zero-order chi connectivity index (χ0) is 14.0. The molecule has 2 rings (SSSR count). The van der Waals surface area contributed by atoms with Crippen molar-refractivity contribution < 1.29 is 5.11 Å². The number of hydrogen-bond donors (Lipinski definition) is 1. The van der Waals surface area contributed by atoms with E-state index in [0.717, 1.165) is 15.9 Å². The summed E-state index contributed by atoms with van der Waals surface area (Å²) in [5, 5.41) is 21.9. The number of aliphatic hydroxyl groups excluding tert-OH is 1. The van der Waals surface area contributed by atoms with Crippen molar-refractivity contribution in [2.75, 3.05) is 0 Å². The van der Waals surface area contributed by atoms with Gasteiger partial charge in [0, 0.05) is 9.89 Å². The molecule has 2 aromatic rings. The molecule has 1 unspecified atom stereocenters. The Balaban J connectivity index is 2.18. The third-order valence-corrected chi connectivity index (χ3v) is 3.33. The summed E-state index contributed by atoms with van der Waals surface area (Å²) >= 11 is 3.37. The van der Waals surface area contributed by atoms with E-state index in [-0.39, 0.29) is 5.41 Å². The van der Waals surface area contributed by atoms with Crippen molar-refractivity contribution in [1.82, 2.24) is 20.2 Å². The molecule has 0 spiro atoms. The first-order valence-corrected chi connectivity index (χ1v) is 6.87. The normalized spacial score (nSPS) is 13.5. The second kappa shape index (κ2) is 5.38. The van der Waals surface area contributed by atoms with Crippen LogP contribution in [0.1, 0.15) is 38.3 Å². The lowest BCUT2D eigenvalue weighted by atomic mass is 9.95. The molecule has 1 atom stereocenters. The van der Waals surface area contributed by atoms with Crippen LogP contribution in [0.4, 0.5) is 0 Å². The van der Waals surface area contributed by atoms with Crippen molar-refractivity contribution in [2.24, 2.45) is 0 Å². The Bertz CT molecular complexity index is 545. The third-order valence-electron chi connectivity index (χ3n) is 2.80. The Morgan fingerprint density at radius 3 is 2.47 bits per heavy atom. The zero-order valence-corrected chi connectivity index (χ0v) is 12.8. The lowest BCUT2D eigenvalue weighted by Crippen LogP contribution is -2.22. The van der Waals surface area contributed by atoms with Crippen LogP contribution in [-0.2, 0) is 12.0 Å². The first kappa shape index (κ1) is 14.1. The van der Waals surface area contributed by atoms with Crippen molar-refractivity contribution in [3.8, 4) is 0 Å². The number of rotatable bonds is 3. The molecule has 0 aliphatic heterocycles. The Hall–Kier alpha value is -1.27. The van der Waals surface area contributed by atoms with Gasteiger partial charge in [0.15, 0.2) is 5.82 Å². The molecule has 1 aromatic carbocycles. The molecule has 0 amide bonds. The lowest BCUT2D eigenvalue weighted by molar-refractivity contribution is 0.147. The summed E-state index contributed by atoms with van der Waals surface area (Å²) < 4.78 is 2.65. The second-order valence-electron chi connectivity index (χ2n) is 5.50. The van der Waals surface area contributed by atoms with Crippen LogP contribution < -0.4 is 0 Å². The highest BCUT2D eigenvalue weighted by Crippen LogP contribution is 2.22. The number of aliphatic hydroxyl groups is 1. The van der Waals surface area contributed by atoms with E-state index in [1.165, 1.54) is 0 Å². The molecular weight excluding hydrogens is 308 g/mol. The summed E-state index contributed by atoms with van der Waals surface area (Å²) in [7, 11) is 0. The van der Waals surface area contributed by atoms with Crippen LogP contribution in [0.3, 0.4) is 0 Å². The quantitative estimate of drug-likeness (QED) is 0.942. The maximum absolute atomic E-state index is 10.2. The molecule has 0 saturated carbocycles. The Kier molecular flexibility index (Phi) is 4.01. The van der Waals surface area contributed by atoms with Crippen molar-refractivity contribution in [2.45, 2.75) is 38.8 Å². The van der Waals surface area contributed by atoms with E-state index >= 15 is 0 Å². The van der Waals surface area contributed by atoms with E-state index in [0.29, 0.717) is 6.54 Å². The predicted molar refractivity (Wildman–Crippen MR) is 75.6 cm³/mol. The van der Waals surface area contributed by atoms with E-state index in [4.69, 9.17) is 0 Å². The van der Waals surface area contributed by atoms with Gasteiger partial charge in [-0.15, -0.1) is 5.10 Å². The van der Waals surface area contributed by atoms with E-state index in [2.05, 4.69) is 31.5 Å². The van der Waals surface area contributed by atoms with Crippen molar-refractivity contribution in [1.29, 1.82) is 0 Å². The minimum Gasteiger partial charge on any atom is -0.386 e. The van der Waals surface area contributed by atoms with Gasteiger partial charge in [-0.25, -0.2) is 4.68 Å². The van der Waals surface area contributed by atoms with Crippen LogP contribution in [0.2, 0.25) is 0 Å². The molecular formula is C13H17BrN4O. The van der Waals surface area contributed by atoms with Gasteiger partial charge in [0.2, 0.25) is 0 Å². The Morgan fingerprint density at radius 2 is 1.89 bits per heavy atom. The molecule has 5 nitrogen and oxygen atoms in total. The number of benzene rings is 1. The largest absolute Gasteiger partial charge is 0.386 e. The summed E-state index contributed by atoms with van der Waals surface area (Å²) in [6, 6.07) is 7.58. The van der Waals surface area contributed by atoms with Crippen LogP contribution in [-0.4, -0.2) is 25.3 Å². The van der Waals surface area contributed by atoms with Gasteiger partial charge < -0.3 is 5.11 Å². The van der Waals surface area contributed by atoms with Gasteiger partial charge in [0.1, 0.15) is 0 Å². The molecule has 0 aliphatic rings. The minimum atomic E-state index is -0.627. The summed E-state index contributed by atoms with van der Waals surface area (Å²) in [5.74, 6) is 0.767. The topological polar surface area (TPSA) is 63.8 Å². The standard InChI is InChI=1S/C13H17BrN4O/c1-13(2,3)12-15-16-17-18(12)8-11(19)9-4-6-10(14)7-5-9/h4-7,11,19H,8H2,1-3H3. The SMILES string of the molecule is CC(C)(C)c1nnnn1CC(O)c1ccc(Br)cc1. The van der Waals surface area contributed by atoms with E-state index in [1.54, 1.807) is 4.68 Å². The summed E-state index contributed by atoms with van der Waals surface area (Å²) in [4.78, 5) is 0. The van der Waals surface area contributed by atoms with Crippen LogP contribution in [0, 0.1) is 0 Å². The van der Waals surface area contributed by atoms with Crippen LogP contribution in [0.5, 0.6) is 0 Å². The molecule has 1 N–H and O–H groups in total. The zero-order valence-electron chi connectivity index (χ0n) is 11.2. The highest BCUT2D eigenvalue weighted by molar-refractivity contribution is 9.10. The number of aromatic nitrogens is 4. The lowest BCUT2D eigenvalue weighted by Gasteiger charge is -2.19. The van der Waals surface area contributed by atoms with Gasteiger partial charge in [-0.2, -0.15) is 0 Å². The molecule has 0 radical (unpaired) electrons. The first-order valence-electron chi connectivity index (χ1n) is 6.08. The van der Waals surface area contributed by atoms with Gasteiger partial charge in [-0.05, 0) is 28.1 Å². The highest BCUT2D eigenvalue weighted by atomic mass is 79.9. The van der Waals surface area contributed by atoms with Crippen LogP contribution >= 0.6 is 15.9 Å². The summed E-state index contributed by atoms with van der Waals surface area (Å²) in [6.45, 7) is 6.48. The van der Waals surface area contributed by atoms with Crippen molar-refractivity contribution in [3.63, 3.8) is 0 Å². The number of hydrogen-bond acceptors (Lipinski definition) is 4. The van der Waals surface area contributed by atoms with Gasteiger partial charge in [0.05, 0.1) is 12.6 Å². The van der Waals surface area contributed by atoms with Gasteiger partial charge in [0.25, 0.3) is 0 Å². The third kappa shape index (κ3) is 3.39. The van der Waals surface area contributed by atoms with Crippen LogP contribution in [0.15, 0.2) is 28.7 Å². The maximum Gasteiger partial charge on any atom is 0.156 e. The monoisotopic (exact) mass is 324 g/mol. The highest BCUT2D eigenvalue weighted by Gasteiger charge is 2.23. The first-order chi connectivity index (χ1) is 8.88. The summed E-state index contributed by atoms with van der Waals surface area (Å²) in [6.07, 6.45) is -0.627. The molecule has 1 heterocycles. The number of halogens is 1. The number of tetrazole rings is 1. The van der Waals surface area contributed by atoms with Crippen LogP contribution in [0.25, 0.3) is 0 Å². The predicted octanol–water partition coefficient (Wildman–Crippen LogP) is 2.47. The van der Waals surface area contributed by atoms with E-state index < -0.39 is 6.10 Å². The Labute approximate surface area is 120 Å². The van der Waals surface area contributed by atoms with E-state index in [9.17, 15) is 5.11 Å². The average molecular weight is 325 g/mol.